The number of nitrogens with zero attached hydrogens (tertiary/aromatic N) is 3. The molecule has 1 N–H and O–H groups in total. The summed E-state index contributed by atoms with van der Waals surface area (Å²) in [4.78, 5) is 29.7. The van der Waals surface area contributed by atoms with Gasteiger partial charge >= 0.3 is 0 Å². The summed E-state index contributed by atoms with van der Waals surface area (Å²) in [7, 11) is 0. The van der Waals surface area contributed by atoms with Gasteiger partial charge in [0.15, 0.2) is 5.13 Å². The number of benzene rings is 2. The molecule has 0 aliphatic heterocycles. The highest BCUT2D eigenvalue weighted by Gasteiger charge is 2.20. The molecule has 0 spiro atoms. The van der Waals surface area contributed by atoms with Crippen LogP contribution in [0.15, 0.2) is 59.4 Å². The minimum absolute atomic E-state index is 0.350. The van der Waals surface area contributed by atoms with Crippen LogP contribution >= 0.6 is 11.3 Å². The zero-order chi connectivity index (χ0) is 22.0. The monoisotopic (exact) mass is 434 g/mol. The molecule has 2 heterocycles. The van der Waals surface area contributed by atoms with Gasteiger partial charge in [-0.05, 0) is 62.7 Å². The maximum absolute atomic E-state index is 12.8. The van der Waals surface area contributed by atoms with E-state index in [1.807, 2.05) is 56.3 Å². The number of carbonyl (C=O) groups excluding carboxylic acids is 1. The average Bonchev–Trinajstić information content (AvgIpc) is 3.18. The van der Waals surface area contributed by atoms with Crippen LogP contribution in [0.2, 0.25) is 0 Å². The summed E-state index contributed by atoms with van der Waals surface area (Å²) < 4.78 is 7.65. The van der Waals surface area contributed by atoms with Gasteiger partial charge in [0.1, 0.15) is 11.8 Å². The lowest BCUT2D eigenvalue weighted by Crippen LogP contribution is -2.33. The normalized spacial score (nSPS) is 12.0. The minimum Gasteiger partial charge on any atom is -0.494 e. The predicted molar refractivity (Wildman–Crippen MR) is 123 cm³/mol. The van der Waals surface area contributed by atoms with E-state index in [1.165, 1.54) is 22.1 Å². The van der Waals surface area contributed by atoms with Gasteiger partial charge in [-0.3, -0.25) is 9.59 Å². The molecule has 0 fully saturated rings. The lowest BCUT2D eigenvalue weighted by atomic mass is 10.1. The third-order valence-electron chi connectivity index (χ3n) is 4.88. The number of carbonyl (C=O) groups is 1. The van der Waals surface area contributed by atoms with Gasteiger partial charge in [-0.25, -0.2) is 9.67 Å². The smallest absolute Gasteiger partial charge is 0.267 e. The van der Waals surface area contributed by atoms with E-state index in [0.717, 1.165) is 27.1 Å². The molecule has 31 heavy (non-hydrogen) atoms. The summed E-state index contributed by atoms with van der Waals surface area (Å²) in [6, 6.07) is 15.6. The van der Waals surface area contributed by atoms with Gasteiger partial charge in [0.25, 0.3) is 11.5 Å². The summed E-state index contributed by atoms with van der Waals surface area (Å²) >= 11 is 1.40. The molecule has 4 aromatic rings. The van der Waals surface area contributed by atoms with Gasteiger partial charge in [0.05, 0.1) is 22.5 Å². The molecule has 0 saturated heterocycles. The van der Waals surface area contributed by atoms with Crippen molar-refractivity contribution in [2.45, 2.75) is 26.8 Å². The second-order valence-corrected chi connectivity index (χ2v) is 8.10. The Labute approximate surface area is 183 Å². The Bertz CT molecular complexity index is 1290. The van der Waals surface area contributed by atoms with Crippen molar-refractivity contribution in [2.24, 2.45) is 0 Å². The summed E-state index contributed by atoms with van der Waals surface area (Å²) in [5, 5.41) is 7.74. The third kappa shape index (κ3) is 4.34. The average molecular weight is 435 g/mol. The van der Waals surface area contributed by atoms with Crippen LogP contribution < -0.4 is 15.6 Å². The fraction of sp³-hybridized carbons (Fsp3) is 0.217. The van der Waals surface area contributed by atoms with Crippen molar-refractivity contribution in [1.82, 2.24) is 14.8 Å². The number of rotatable bonds is 6. The molecule has 1 amide bonds. The molecular weight excluding hydrogens is 412 g/mol. The van der Waals surface area contributed by atoms with Crippen molar-refractivity contribution >= 4 is 32.6 Å². The Morgan fingerprint density at radius 1 is 1.16 bits per heavy atom. The molecule has 8 heteroatoms. The predicted octanol–water partition coefficient (Wildman–Crippen LogP) is 4.43. The molecule has 7 nitrogen and oxygen atoms in total. The lowest BCUT2D eigenvalue weighted by molar-refractivity contribution is -0.119. The number of fused-ring (bicyclic) bond motifs is 1. The number of para-hydroxylation sites is 1. The molecule has 0 aliphatic rings. The van der Waals surface area contributed by atoms with Crippen molar-refractivity contribution in [3.05, 3.63) is 70.5 Å². The van der Waals surface area contributed by atoms with E-state index in [0.29, 0.717) is 17.4 Å². The van der Waals surface area contributed by atoms with Crippen LogP contribution in [0.25, 0.3) is 21.5 Å². The molecule has 0 bridgehead atoms. The SMILES string of the molecule is CCOc1ccc(-c2ccc(=O)n(C(C)C(=O)Nc3nc4c(C)cccc4s3)n2)cc1. The van der Waals surface area contributed by atoms with Crippen LogP contribution in [0.3, 0.4) is 0 Å². The van der Waals surface area contributed by atoms with Crippen LogP contribution in [0.5, 0.6) is 5.75 Å². The van der Waals surface area contributed by atoms with Crippen molar-refractivity contribution in [2.75, 3.05) is 11.9 Å². The molecule has 1 unspecified atom stereocenters. The maximum atomic E-state index is 12.8. The molecule has 0 saturated carbocycles. The quantitative estimate of drug-likeness (QED) is 0.485. The van der Waals surface area contributed by atoms with E-state index >= 15 is 0 Å². The van der Waals surface area contributed by atoms with E-state index in [2.05, 4.69) is 15.4 Å². The second kappa shape index (κ2) is 8.69. The second-order valence-electron chi connectivity index (χ2n) is 7.06. The topological polar surface area (TPSA) is 86.1 Å². The van der Waals surface area contributed by atoms with E-state index in [1.54, 1.807) is 13.0 Å². The van der Waals surface area contributed by atoms with Gasteiger partial charge in [0, 0.05) is 11.6 Å². The van der Waals surface area contributed by atoms with Gasteiger partial charge < -0.3 is 10.1 Å². The first kappa shape index (κ1) is 20.7. The van der Waals surface area contributed by atoms with Crippen LogP contribution in [0.1, 0.15) is 25.5 Å². The number of hydrogen-bond acceptors (Lipinski definition) is 6. The first-order valence-electron chi connectivity index (χ1n) is 9.96. The third-order valence-corrected chi connectivity index (χ3v) is 5.82. The van der Waals surface area contributed by atoms with E-state index in [4.69, 9.17) is 4.74 Å². The number of anilines is 1. The number of amides is 1. The van der Waals surface area contributed by atoms with Crippen molar-refractivity contribution < 1.29 is 9.53 Å². The zero-order valence-corrected chi connectivity index (χ0v) is 18.3. The standard InChI is InChI=1S/C23H22N4O3S/c1-4-30-17-10-8-16(9-11-17)18-12-13-20(28)27(26-18)15(3)22(29)25-23-24-21-14(2)6-5-7-19(21)31-23/h5-13,15H,4H2,1-3H3,(H,24,25,29). The van der Waals surface area contributed by atoms with Crippen molar-refractivity contribution in [3.63, 3.8) is 0 Å². The molecular formula is C23H22N4O3S. The van der Waals surface area contributed by atoms with Crippen LogP contribution in [-0.2, 0) is 4.79 Å². The van der Waals surface area contributed by atoms with Crippen LogP contribution in [-0.4, -0.2) is 27.3 Å². The zero-order valence-electron chi connectivity index (χ0n) is 17.5. The fourth-order valence-electron chi connectivity index (χ4n) is 3.21. The Morgan fingerprint density at radius 3 is 2.65 bits per heavy atom. The lowest BCUT2D eigenvalue weighted by Gasteiger charge is -2.14. The Hall–Kier alpha value is -3.52. The maximum Gasteiger partial charge on any atom is 0.267 e. The Balaban J connectivity index is 1.57. The van der Waals surface area contributed by atoms with Gasteiger partial charge in [-0.1, -0.05) is 23.5 Å². The van der Waals surface area contributed by atoms with Crippen molar-refractivity contribution in [1.29, 1.82) is 0 Å². The fourth-order valence-corrected chi connectivity index (χ4v) is 4.15. The number of aromatic nitrogens is 3. The summed E-state index contributed by atoms with van der Waals surface area (Å²) in [6.45, 7) is 6.13. The molecule has 1 atom stereocenters. The Kier molecular flexibility index (Phi) is 5.81. The molecule has 0 aliphatic carbocycles. The molecule has 4 rings (SSSR count). The van der Waals surface area contributed by atoms with Crippen LogP contribution in [0, 0.1) is 6.92 Å². The number of nitrogens with one attached hydrogen (secondary N) is 1. The van der Waals surface area contributed by atoms with Gasteiger partial charge in [0.2, 0.25) is 0 Å². The summed E-state index contributed by atoms with van der Waals surface area (Å²) in [6.07, 6.45) is 0. The van der Waals surface area contributed by atoms with Gasteiger partial charge in [-0.15, -0.1) is 0 Å². The van der Waals surface area contributed by atoms with Gasteiger partial charge in [-0.2, -0.15) is 5.10 Å². The number of ether oxygens (including phenoxy) is 1. The number of aryl methyl sites for hydroxylation is 1. The Morgan fingerprint density at radius 2 is 1.94 bits per heavy atom. The van der Waals surface area contributed by atoms with E-state index < -0.39 is 6.04 Å². The van der Waals surface area contributed by atoms with Crippen molar-refractivity contribution in [3.8, 4) is 17.0 Å². The molecule has 0 radical (unpaired) electrons. The first-order chi connectivity index (χ1) is 15.0. The summed E-state index contributed by atoms with van der Waals surface area (Å²) in [5.41, 5.74) is 2.98. The molecule has 158 valence electrons. The summed E-state index contributed by atoms with van der Waals surface area (Å²) in [5.74, 6) is 0.411. The minimum atomic E-state index is -0.803. The highest BCUT2D eigenvalue weighted by molar-refractivity contribution is 7.22. The highest BCUT2D eigenvalue weighted by atomic mass is 32.1. The van der Waals surface area contributed by atoms with E-state index in [-0.39, 0.29) is 11.5 Å². The highest BCUT2D eigenvalue weighted by Crippen LogP contribution is 2.28. The number of thiazole rings is 1. The number of hydrogen-bond donors (Lipinski definition) is 1. The molecule has 2 aromatic carbocycles. The largest absolute Gasteiger partial charge is 0.494 e. The van der Waals surface area contributed by atoms with Crippen LogP contribution in [0.4, 0.5) is 5.13 Å². The molecule has 2 aromatic heterocycles. The van der Waals surface area contributed by atoms with E-state index in [9.17, 15) is 9.59 Å². The first-order valence-corrected chi connectivity index (χ1v) is 10.8.